The third kappa shape index (κ3) is 4.56. The second kappa shape index (κ2) is 9.41. The molecule has 0 atom stereocenters. The SMILES string of the molecule is CCNCC1(N2CCCCC2)CCCCC1.Cl.Cl. The third-order valence-corrected chi connectivity index (χ3v) is 4.52. The van der Waals surface area contributed by atoms with Crippen LogP contribution in [0.2, 0.25) is 0 Å². The highest BCUT2D eigenvalue weighted by Crippen LogP contribution is 2.35. The van der Waals surface area contributed by atoms with Crippen molar-refractivity contribution in [1.29, 1.82) is 0 Å². The number of halogens is 2. The van der Waals surface area contributed by atoms with Gasteiger partial charge in [-0.05, 0) is 45.3 Å². The minimum atomic E-state index is 0. The molecule has 0 spiro atoms. The number of likely N-dealkylation sites (N-methyl/N-ethyl adjacent to an activating group) is 1. The lowest BCUT2D eigenvalue weighted by atomic mass is 9.79. The van der Waals surface area contributed by atoms with Crippen molar-refractivity contribution >= 4 is 24.8 Å². The van der Waals surface area contributed by atoms with E-state index in [9.17, 15) is 0 Å². The lowest BCUT2D eigenvalue weighted by Gasteiger charge is -2.48. The lowest BCUT2D eigenvalue weighted by molar-refractivity contribution is 0.0339. The van der Waals surface area contributed by atoms with Crippen LogP contribution in [0, 0.1) is 0 Å². The van der Waals surface area contributed by atoms with E-state index < -0.39 is 0 Å². The molecule has 2 aliphatic rings. The average molecular weight is 297 g/mol. The molecule has 1 N–H and O–H groups in total. The molecule has 4 heteroatoms. The Morgan fingerprint density at radius 2 is 1.44 bits per heavy atom. The van der Waals surface area contributed by atoms with Gasteiger partial charge in [-0.25, -0.2) is 0 Å². The van der Waals surface area contributed by atoms with Crippen LogP contribution >= 0.6 is 24.8 Å². The predicted molar refractivity (Wildman–Crippen MR) is 84.3 cm³/mol. The maximum absolute atomic E-state index is 3.61. The van der Waals surface area contributed by atoms with E-state index in [-0.39, 0.29) is 24.8 Å². The normalized spacial score (nSPS) is 23.8. The Balaban J connectivity index is 0.00000144. The zero-order chi connectivity index (χ0) is 11.3. The van der Waals surface area contributed by atoms with Gasteiger partial charge in [-0.2, -0.15) is 0 Å². The summed E-state index contributed by atoms with van der Waals surface area (Å²) in [7, 11) is 0. The van der Waals surface area contributed by atoms with Gasteiger partial charge in [-0.3, -0.25) is 4.90 Å². The van der Waals surface area contributed by atoms with Gasteiger partial charge in [0.05, 0.1) is 0 Å². The average Bonchev–Trinajstić information content (AvgIpc) is 2.38. The van der Waals surface area contributed by atoms with Crippen molar-refractivity contribution in [3.8, 4) is 0 Å². The quantitative estimate of drug-likeness (QED) is 0.852. The van der Waals surface area contributed by atoms with Crippen molar-refractivity contribution in [2.75, 3.05) is 26.2 Å². The Bertz CT molecular complexity index is 200. The van der Waals surface area contributed by atoms with Gasteiger partial charge in [0.25, 0.3) is 0 Å². The van der Waals surface area contributed by atoms with Gasteiger partial charge in [0.1, 0.15) is 0 Å². The van der Waals surface area contributed by atoms with Crippen LogP contribution in [0.1, 0.15) is 58.3 Å². The van der Waals surface area contributed by atoms with Crippen molar-refractivity contribution in [3.63, 3.8) is 0 Å². The molecule has 110 valence electrons. The van der Waals surface area contributed by atoms with Crippen molar-refractivity contribution in [3.05, 3.63) is 0 Å². The summed E-state index contributed by atoms with van der Waals surface area (Å²) >= 11 is 0. The monoisotopic (exact) mass is 296 g/mol. The highest BCUT2D eigenvalue weighted by atomic mass is 35.5. The number of hydrogen-bond acceptors (Lipinski definition) is 2. The van der Waals surface area contributed by atoms with E-state index in [1.807, 2.05) is 0 Å². The van der Waals surface area contributed by atoms with Crippen molar-refractivity contribution in [2.24, 2.45) is 0 Å². The van der Waals surface area contributed by atoms with Crippen LogP contribution in [-0.2, 0) is 0 Å². The molecule has 0 aromatic rings. The Labute approximate surface area is 125 Å². The minimum Gasteiger partial charge on any atom is -0.315 e. The largest absolute Gasteiger partial charge is 0.315 e. The molecule has 0 unspecified atom stereocenters. The van der Waals surface area contributed by atoms with Crippen LogP contribution in [0.25, 0.3) is 0 Å². The standard InChI is InChI=1S/C14H28N2.2ClH/c1-2-15-13-14(9-5-3-6-10-14)16-11-7-4-8-12-16;;/h15H,2-13H2,1H3;2*1H. The second-order valence-corrected chi connectivity index (χ2v) is 5.61. The molecule has 2 rings (SSSR count). The molecule has 0 bridgehead atoms. The maximum Gasteiger partial charge on any atom is 0.0333 e. The van der Waals surface area contributed by atoms with Crippen LogP contribution < -0.4 is 5.32 Å². The first kappa shape index (κ1) is 18.5. The molecule has 0 radical (unpaired) electrons. The number of rotatable bonds is 4. The summed E-state index contributed by atoms with van der Waals surface area (Å²) < 4.78 is 0. The first-order valence-corrected chi connectivity index (χ1v) is 7.33. The summed E-state index contributed by atoms with van der Waals surface area (Å²) in [5, 5.41) is 3.61. The zero-order valence-electron chi connectivity index (χ0n) is 11.7. The summed E-state index contributed by atoms with van der Waals surface area (Å²) in [5.41, 5.74) is 0.522. The number of hydrogen-bond donors (Lipinski definition) is 1. The smallest absolute Gasteiger partial charge is 0.0333 e. The summed E-state index contributed by atoms with van der Waals surface area (Å²) in [6, 6.07) is 0. The van der Waals surface area contributed by atoms with Gasteiger partial charge >= 0.3 is 0 Å². The first-order valence-electron chi connectivity index (χ1n) is 7.33. The van der Waals surface area contributed by atoms with Crippen molar-refractivity contribution < 1.29 is 0 Å². The van der Waals surface area contributed by atoms with E-state index in [1.54, 1.807) is 0 Å². The molecule has 2 fully saturated rings. The highest BCUT2D eigenvalue weighted by molar-refractivity contribution is 5.85. The summed E-state index contributed by atoms with van der Waals surface area (Å²) in [4.78, 5) is 2.82. The van der Waals surface area contributed by atoms with E-state index in [1.165, 1.54) is 71.0 Å². The molecule has 1 saturated heterocycles. The van der Waals surface area contributed by atoms with Gasteiger partial charge < -0.3 is 5.32 Å². The molecule has 2 nitrogen and oxygen atoms in total. The van der Waals surface area contributed by atoms with Crippen LogP contribution in [-0.4, -0.2) is 36.6 Å². The zero-order valence-corrected chi connectivity index (χ0v) is 13.4. The Morgan fingerprint density at radius 1 is 0.889 bits per heavy atom. The van der Waals surface area contributed by atoms with Crippen molar-refractivity contribution in [1.82, 2.24) is 10.2 Å². The Morgan fingerprint density at radius 3 is 2.00 bits per heavy atom. The van der Waals surface area contributed by atoms with E-state index in [2.05, 4.69) is 17.1 Å². The topological polar surface area (TPSA) is 15.3 Å². The molecule has 0 aromatic heterocycles. The van der Waals surface area contributed by atoms with Crippen LogP contribution in [0.3, 0.4) is 0 Å². The van der Waals surface area contributed by atoms with Gasteiger partial charge in [-0.1, -0.05) is 32.6 Å². The molecule has 1 aliphatic heterocycles. The summed E-state index contributed by atoms with van der Waals surface area (Å²) in [6.07, 6.45) is 11.5. The van der Waals surface area contributed by atoms with E-state index in [0.29, 0.717) is 5.54 Å². The van der Waals surface area contributed by atoms with Crippen molar-refractivity contribution in [2.45, 2.75) is 63.8 Å². The minimum absolute atomic E-state index is 0. The number of piperidine rings is 1. The predicted octanol–water partition coefficient (Wildman–Crippen LogP) is 3.63. The summed E-state index contributed by atoms with van der Waals surface area (Å²) in [5.74, 6) is 0. The second-order valence-electron chi connectivity index (χ2n) is 5.61. The van der Waals surface area contributed by atoms with E-state index in [0.717, 1.165) is 6.54 Å². The lowest BCUT2D eigenvalue weighted by Crippen LogP contribution is -2.57. The fourth-order valence-corrected chi connectivity index (χ4v) is 3.54. The molecule has 0 amide bonds. The van der Waals surface area contributed by atoms with E-state index in [4.69, 9.17) is 0 Å². The number of likely N-dealkylation sites (tertiary alicyclic amines) is 1. The molecule has 1 aliphatic carbocycles. The molecule has 0 aromatic carbocycles. The molecular weight excluding hydrogens is 267 g/mol. The van der Waals surface area contributed by atoms with Crippen LogP contribution in [0.4, 0.5) is 0 Å². The fraction of sp³-hybridized carbons (Fsp3) is 1.00. The molecule has 1 heterocycles. The Hall–Kier alpha value is 0.500. The number of nitrogens with zero attached hydrogens (tertiary/aromatic N) is 1. The van der Waals surface area contributed by atoms with Gasteiger partial charge in [0.2, 0.25) is 0 Å². The maximum atomic E-state index is 3.61. The fourth-order valence-electron chi connectivity index (χ4n) is 3.54. The third-order valence-electron chi connectivity index (χ3n) is 4.52. The number of nitrogens with one attached hydrogen (secondary N) is 1. The summed E-state index contributed by atoms with van der Waals surface area (Å²) in [6.45, 7) is 7.28. The first-order chi connectivity index (χ1) is 7.87. The van der Waals surface area contributed by atoms with Gasteiger partial charge in [0, 0.05) is 12.1 Å². The van der Waals surface area contributed by atoms with Crippen LogP contribution in [0.15, 0.2) is 0 Å². The van der Waals surface area contributed by atoms with Crippen LogP contribution in [0.5, 0.6) is 0 Å². The molecule has 18 heavy (non-hydrogen) atoms. The highest BCUT2D eigenvalue weighted by Gasteiger charge is 2.37. The van der Waals surface area contributed by atoms with Gasteiger partial charge in [0.15, 0.2) is 0 Å². The van der Waals surface area contributed by atoms with Gasteiger partial charge in [-0.15, -0.1) is 24.8 Å². The van der Waals surface area contributed by atoms with E-state index >= 15 is 0 Å². The Kier molecular flexibility index (Phi) is 9.67. The molecular formula is C14H30Cl2N2. The molecule has 1 saturated carbocycles.